The Kier molecular flexibility index (Phi) is 3.29. The molecule has 0 saturated carbocycles. The predicted octanol–water partition coefficient (Wildman–Crippen LogP) is 2.19. The number of rotatable bonds is 3. The number of fused-ring (bicyclic) bond motifs is 1. The van der Waals surface area contributed by atoms with Crippen molar-refractivity contribution in [3.63, 3.8) is 0 Å². The Labute approximate surface area is 104 Å². The Bertz CT molecular complexity index is 401. The molecule has 0 amide bonds. The maximum atomic E-state index is 6.01. The molecule has 1 heterocycles. The van der Waals surface area contributed by atoms with Crippen LogP contribution < -0.4 is 15.4 Å². The van der Waals surface area contributed by atoms with E-state index in [1.54, 1.807) is 0 Å². The SMILES string of the molecule is CCc1ccc2c(c1)N(CCN)CC(C)(C)O2. The molecule has 2 N–H and O–H groups in total. The zero-order valence-electron chi connectivity index (χ0n) is 11.0. The van der Waals surface area contributed by atoms with Gasteiger partial charge in [-0.3, -0.25) is 0 Å². The lowest BCUT2D eigenvalue weighted by molar-refractivity contribution is 0.105. The molecule has 17 heavy (non-hydrogen) atoms. The topological polar surface area (TPSA) is 38.5 Å². The van der Waals surface area contributed by atoms with Crippen LogP contribution in [0.3, 0.4) is 0 Å². The van der Waals surface area contributed by atoms with E-state index in [1.165, 1.54) is 11.3 Å². The van der Waals surface area contributed by atoms with E-state index < -0.39 is 0 Å². The Morgan fingerprint density at radius 3 is 2.82 bits per heavy atom. The number of anilines is 1. The van der Waals surface area contributed by atoms with Gasteiger partial charge in [0.25, 0.3) is 0 Å². The molecule has 0 fully saturated rings. The largest absolute Gasteiger partial charge is 0.484 e. The lowest BCUT2D eigenvalue weighted by Crippen LogP contribution is -2.48. The Hall–Kier alpha value is -1.22. The molecule has 1 aromatic rings. The number of nitrogens with two attached hydrogens (primary N) is 1. The summed E-state index contributed by atoms with van der Waals surface area (Å²) in [5.41, 5.74) is 8.08. The first kappa shape index (κ1) is 12.2. The van der Waals surface area contributed by atoms with Crippen molar-refractivity contribution in [2.75, 3.05) is 24.5 Å². The van der Waals surface area contributed by atoms with Gasteiger partial charge in [-0.05, 0) is 38.0 Å². The van der Waals surface area contributed by atoms with E-state index in [0.717, 1.165) is 25.3 Å². The van der Waals surface area contributed by atoms with Crippen molar-refractivity contribution in [1.82, 2.24) is 0 Å². The molecule has 1 aromatic carbocycles. The lowest BCUT2D eigenvalue weighted by atomic mass is 10.0. The summed E-state index contributed by atoms with van der Waals surface area (Å²) in [6.07, 6.45) is 1.05. The van der Waals surface area contributed by atoms with Gasteiger partial charge in [-0.1, -0.05) is 13.0 Å². The second-order valence-electron chi connectivity index (χ2n) is 5.23. The highest BCUT2D eigenvalue weighted by molar-refractivity contribution is 5.62. The number of hydrogen-bond acceptors (Lipinski definition) is 3. The van der Waals surface area contributed by atoms with Gasteiger partial charge < -0.3 is 15.4 Å². The Balaban J connectivity index is 2.38. The minimum Gasteiger partial charge on any atom is -0.484 e. The first-order valence-electron chi connectivity index (χ1n) is 6.32. The van der Waals surface area contributed by atoms with Crippen LogP contribution in [-0.4, -0.2) is 25.2 Å². The Morgan fingerprint density at radius 1 is 1.41 bits per heavy atom. The van der Waals surface area contributed by atoms with E-state index in [4.69, 9.17) is 10.5 Å². The molecule has 3 nitrogen and oxygen atoms in total. The first-order valence-corrected chi connectivity index (χ1v) is 6.32. The van der Waals surface area contributed by atoms with Gasteiger partial charge in [0.05, 0.1) is 12.2 Å². The highest BCUT2D eigenvalue weighted by Gasteiger charge is 2.31. The third kappa shape index (κ3) is 2.55. The summed E-state index contributed by atoms with van der Waals surface area (Å²) in [6.45, 7) is 8.85. The summed E-state index contributed by atoms with van der Waals surface area (Å²) >= 11 is 0. The van der Waals surface area contributed by atoms with Crippen molar-refractivity contribution in [3.05, 3.63) is 23.8 Å². The summed E-state index contributed by atoms with van der Waals surface area (Å²) < 4.78 is 6.01. The molecule has 1 aliphatic rings. The standard InChI is InChI=1S/C14H22N2O/c1-4-11-5-6-13-12(9-11)16(8-7-15)10-14(2,3)17-13/h5-6,9H,4,7-8,10,15H2,1-3H3. The van der Waals surface area contributed by atoms with Crippen molar-refractivity contribution < 1.29 is 4.74 Å². The monoisotopic (exact) mass is 234 g/mol. The van der Waals surface area contributed by atoms with Crippen LogP contribution in [-0.2, 0) is 6.42 Å². The van der Waals surface area contributed by atoms with Crippen LogP contribution in [0.4, 0.5) is 5.69 Å². The van der Waals surface area contributed by atoms with E-state index in [2.05, 4.69) is 43.9 Å². The molecule has 0 saturated heterocycles. The molecule has 94 valence electrons. The van der Waals surface area contributed by atoms with Gasteiger partial charge in [0.1, 0.15) is 11.4 Å². The van der Waals surface area contributed by atoms with Crippen molar-refractivity contribution in [2.24, 2.45) is 5.73 Å². The lowest BCUT2D eigenvalue weighted by Gasteiger charge is -2.41. The number of hydrogen-bond donors (Lipinski definition) is 1. The van der Waals surface area contributed by atoms with E-state index in [-0.39, 0.29) is 5.60 Å². The molecule has 0 aliphatic carbocycles. The summed E-state index contributed by atoms with van der Waals surface area (Å²) in [6, 6.07) is 6.44. The number of benzene rings is 1. The fraction of sp³-hybridized carbons (Fsp3) is 0.571. The fourth-order valence-electron chi connectivity index (χ4n) is 2.35. The van der Waals surface area contributed by atoms with Crippen LogP contribution >= 0.6 is 0 Å². The van der Waals surface area contributed by atoms with E-state index in [9.17, 15) is 0 Å². The molecule has 0 bridgehead atoms. The highest BCUT2D eigenvalue weighted by atomic mass is 16.5. The molecule has 2 rings (SSSR count). The number of aryl methyl sites for hydroxylation is 1. The molecule has 0 radical (unpaired) electrons. The van der Waals surface area contributed by atoms with Crippen molar-refractivity contribution in [3.8, 4) is 5.75 Å². The molecular weight excluding hydrogens is 212 g/mol. The van der Waals surface area contributed by atoms with Crippen molar-refractivity contribution in [1.29, 1.82) is 0 Å². The summed E-state index contributed by atoms with van der Waals surface area (Å²) in [4.78, 5) is 2.33. The summed E-state index contributed by atoms with van der Waals surface area (Å²) in [5, 5.41) is 0. The zero-order chi connectivity index (χ0) is 12.5. The highest BCUT2D eigenvalue weighted by Crippen LogP contribution is 2.37. The molecule has 0 aromatic heterocycles. The Morgan fingerprint density at radius 2 is 2.18 bits per heavy atom. The van der Waals surface area contributed by atoms with Crippen LogP contribution in [0.5, 0.6) is 5.75 Å². The molecule has 1 aliphatic heterocycles. The van der Waals surface area contributed by atoms with Crippen molar-refractivity contribution in [2.45, 2.75) is 32.8 Å². The summed E-state index contributed by atoms with van der Waals surface area (Å²) in [5.74, 6) is 0.979. The predicted molar refractivity (Wildman–Crippen MR) is 71.8 cm³/mol. The minimum atomic E-state index is -0.143. The third-order valence-corrected chi connectivity index (χ3v) is 3.13. The summed E-state index contributed by atoms with van der Waals surface area (Å²) in [7, 11) is 0. The molecular formula is C14H22N2O. The van der Waals surface area contributed by atoms with Crippen molar-refractivity contribution >= 4 is 5.69 Å². The minimum absolute atomic E-state index is 0.143. The van der Waals surface area contributed by atoms with Crippen LogP contribution in [0.2, 0.25) is 0 Å². The van der Waals surface area contributed by atoms with Gasteiger partial charge in [-0.2, -0.15) is 0 Å². The van der Waals surface area contributed by atoms with Gasteiger partial charge in [0, 0.05) is 13.1 Å². The normalized spacial score (nSPS) is 17.5. The smallest absolute Gasteiger partial charge is 0.143 e. The van der Waals surface area contributed by atoms with Gasteiger partial charge in [0.2, 0.25) is 0 Å². The van der Waals surface area contributed by atoms with Gasteiger partial charge >= 0.3 is 0 Å². The third-order valence-electron chi connectivity index (χ3n) is 3.13. The maximum absolute atomic E-state index is 6.01. The van der Waals surface area contributed by atoms with Crippen LogP contribution in [0.15, 0.2) is 18.2 Å². The fourth-order valence-corrected chi connectivity index (χ4v) is 2.35. The molecule has 0 unspecified atom stereocenters. The average molecular weight is 234 g/mol. The first-order chi connectivity index (χ1) is 8.05. The van der Waals surface area contributed by atoms with E-state index >= 15 is 0 Å². The molecule has 0 spiro atoms. The zero-order valence-corrected chi connectivity index (χ0v) is 11.0. The van der Waals surface area contributed by atoms with E-state index in [0.29, 0.717) is 6.54 Å². The maximum Gasteiger partial charge on any atom is 0.143 e. The van der Waals surface area contributed by atoms with Gasteiger partial charge in [-0.25, -0.2) is 0 Å². The molecule has 0 atom stereocenters. The van der Waals surface area contributed by atoms with Crippen LogP contribution in [0.1, 0.15) is 26.3 Å². The van der Waals surface area contributed by atoms with Gasteiger partial charge in [0.15, 0.2) is 0 Å². The quantitative estimate of drug-likeness (QED) is 0.871. The van der Waals surface area contributed by atoms with Crippen LogP contribution in [0, 0.1) is 0 Å². The molecule has 3 heteroatoms. The second kappa shape index (κ2) is 4.57. The average Bonchev–Trinajstić information content (AvgIpc) is 2.27. The van der Waals surface area contributed by atoms with Gasteiger partial charge in [-0.15, -0.1) is 0 Å². The van der Waals surface area contributed by atoms with Crippen LogP contribution in [0.25, 0.3) is 0 Å². The second-order valence-corrected chi connectivity index (χ2v) is 5.23. The number of nitrogens with zero attached hydrogens (tertiary/aromatic N) is 1. The number of ether oxygens (including phenoxy) is 1. The van der Waals surface area contributed by atoms with E-state index in [1.807, 2.05) is 0 Å².